The van der Waals surface area contributed by atoms with Crippen molar-refractivity contribution in [1.29, 1.82) is 0 Å². The zero-order valence-corrected chi connectivity index (χ0v) is 13.9. The van der Waals surface area contributed by atoms with E-state index >= 15 is 0 Å². The minimum Gasteiger partial charge on any atom is -0.452 e. The van der Waals surface area contributed by atoms with Gasteiger partial charge in [-0.25, -0.2) is 9.78 Å². The van der Waals surface area contributed by atoms with Crippen molar-refractivity contribution in [1.82, 2.24) is 15.1 Å². The van der Waals surface area contributed by atoms with Gasteiger partial charge in [-0.3, -0.25) is 0 Å². The fourth-order valence-corrected chi connectivity index (χ4v) is 2.61. The van der Waals surface area contributed by atoms with E-state index in [0.29, 0.717) is 11.4 Å². The Bertz CT molecular complexity index is 855. The van der Waals surface area contributed by atoms with Crippen LogP contribution in [-0.4, -0.2) is 21.1 Å². The largest absolute Gasteiger partial charge is 0.452 e. The minimum atomic E-state index is -0.579. The molecule has 0 saturated carbocycles. The van der Waals surface area contributed by atoms with Gasteiger partial charge in [0, 0.05) is 11.3 Å². The lowest BCUT2D eigenvalue weighted by atomic mass is 10.1. The maximum atomic E-state index is 12.2. The first-order valence-corrected chi connectivity index (χ1v) is 7.61. The molecule has 0 aliphatic heterocycles. The molecule has 0 fully saturated rings. The first-order chi connectivity index (χ1) is 11.5. The van der Waals surface area contributed by atoms with Crippen LogP contribution in [-0.2, 0) is 11.3 Å². The molecule has 2 heterocycles. The molecule has 0 radical (unpaired) electrons. The van der Waals surface area contributed by atoms with Gasteiger partial charge in [-0.05, 0) is 25.5 Å². The number of hydrogen-bond donors (Lipinski definition) is 0. The number of pyridine rings is 1. The second-order valence-corrected chi connectivity index (χ2v) is 5.56. The summed E-state index contributed by atoms with van der Waals surface area (Å²) < 4.78 is 10.3. The number of carbonyl (C=O) groups is 1. The summed E-state index contributed by atoms with van der Waals surface area (Å²) >= 11 is 6.03. The molecule has 122 valence electrons. The Kier molecular flexibility index (Phi) is 4.57. The Labute approximate surface area is 143 Å². The molecular weight excluding hydrogens is 330 g/mol. The molecule has 6 nitrogen and oxygen atoms in total. The average Bonchev–Trinajstić information content (AvgIpc) is 3.02. The molecule has 3 aromatic rings. The van der Waals surface area contributed by atoms with Crippen molar-refractivity contribution in [2.45, 2.75) is 20.5 Å². The molecule has 0 aliphatic rings. The number of carbonyl (C=O) groups excluding carboxylic acids is 1. The molecule has 24 heavy (non-hydrogen) atoms. The van der Waals surface area contributed by atoms with Gasteiger partial charge in [-0.15, -0.1) is 0 Å². The van der Waals surface area contributed by atoms with Crippen molar-refractivity contribution in [3.05, 3.63) is 64.3 Å². The van der Waals surface area contributed by atoms with Crippen LogP contribution in [0.25, 0.3) is 11.4 Å². The molecule has 0 aliphatic carbocycles. The lowest BCUT2D eigenvalue weighted by Gasteiger charge is -2.07. The van der Waals surface area contributed by atoms with Crippen molar-refractivity contribution >= 4 is 17.6 Å². The number of rotatable bonds is 4. The van der Waals surface area contributed by atoms with Gasteiger partial charge in [0.05, 0.1) is 5.56 Å². The van der Waals surface area contributed by atoms with Gasteiger partial charge in [0.1, 0.15) is 5.15 Å². The molecule has 0 unspecified atom stereocenters. The van der Waals surface area contributed by atoms with E-state index in [1.807, 2.05) is 30.3 Å². The Morgan fingerprint density at radius 3 is 2.67 bits per heavy atom. The first-order valence-electron chi connectivity index (χ1n) is 7.23. The maximum absolute atomic E-state index is 12.2. The number of aromatic nitrogens is 3. The third-order valence-corrected chi connectivity index (χ3v) is 3.60. The fraction of sp³-hybridized carbons (Fsp3) is 0.176. The lowest BCUT2D eigenvalue weighted by molar-refractivity contribution is 0.0428. The van der Waals surface area contributed by atoms with E-state index in [-0.39, 0.29) is 23.2 Å². The average molecular weight is 344 g/mol. The van der Waals surface area contributed by atoms with E-state index in [1.54, 1.807) is 19.9 Å². The number of halogens is 1. The van der Waals surface area contributed by atoms with Crippen LogP contribution in [0.15, 0.2) is 40.9 Å². The van der Waals surface area contributed by atoms with Crippen LogP contribution in [0, 0.1) is 13.8 Å². The summed E-state index contributed by atoms with van der Waals surface area (Å²) in [7, 11) is 0. The quantitative estimate of drug-likeness (QED) is 0.530. The van der Waals surface area contributed by atoms with Crippen molar-refractivity contribution in [2.24, 2.45) is 0 Å². The van der Waals surface area contributed by atoms with E-state index in [9.17, 15) is 4.79 Å². The monoisotopic (exact) mass is 343 g/mol. The summed E-state index contributed by atoms with van der Waals surface area (Å²) in [6.07, 6.45) is 0. The van der Waals surface area contributed by atoms with Crippen LogP contribution in [0.1, 0.15) is 27.5 Å². The minimum absolute atomic E-state index is 0.119. The summed E-state index contributed by atoms with van der Waals surface area (Å²) in [5, 5.41) is 3.99. The van der Waals surface area contributed by atoms with Crippen LogP contribution >= 0.6 is 11.6 Å². The van der Waals surface area contributed by atoms with Crippen LogP contribution in [0.4, 0.5) is 0 Å². The lowest BCUT2D eigenvalue weighted by Crippen LogP contribution is -2.09. The van der Waals surface area contributed by atoms with Gasteiger partial charge in [-0.1, -0.05) is 47.1 Å². The second-order valence-electron chi connectivity index (χ2n) is 5.20. The Morgan fingerprint density at radius 2 is 1.96 bits per heavy atom. The van der Waals surface area contributed by atoms with Crippen molar-refractivity contribution in [2.75, 3.05) is 0 Å². The normalized spacial score (nSPS) is 10.6. The summed E-state index contributed by atoms with van der Waals surface area (Å²) in [6.45, 7) is 3.44. The zero-order valence-electron chi connectivity index (χ0n) is 13.1. The van der Waals surface area contributed by atoms with Gasteiger partial charge >= 0.3 is 5.97 Å². The second kappa shape index (κ2) is 6.80. The van der Waals surface area contributed by atoms with Crippen molar-refractivity contribution in [3.8, 4) is 11.4 Å². The van der Waals surface area contributed by atoms with E-state index in [0.717, 1.165) is 11.3 Å². The number of aryl methyl sites for hydroxylation is 2. The summed E-state index contributed by atoms with van der Waals surface area (Å²) in [6, 6.07) is 11.1. The molecule has 0 spiro atoms. The van der Waals surface area contributed by atoms with Crippen LogP contribution < -0.4 is 0 Å². The highest BCUT2D eigenvalue weighted by atomic mass is 35.5. The molecule has 0 bridgehead atoms. The fourth-order valence-electron chi connectivity index (χ4n) is 2.25. The van der Waals surface area contributed by atoms with Gasteiger partial charge in [0.15, 0.2) is 6.61 Å². The van der Waals surface area contributed by atoms with Gasteiger partial charge in [0.2, 0.25) is 5.82 Å². The molecule has 2 aromatic heterocycles. The highest BCUT2D eigenvalue weighted by Crippen LogP contribution is 2.20. The third kappa shape index (κ3) is 3.44. The number of benzene rings is 1. The summed E-state index contributed by atoms with van der Waals surface area (Å²) in [5.41, 5.74) is 2.50. The molecule has 3 rings (SSSR count). The molecular formula is C17H14ClN3O3. The Balaban J connectivity index is 1.71. The van der Waals surface area contributed by atoms with Gasteiger partial charge in [-0.2, -0.15) is 4.98 Å². The van der Waals surface area contributed by atoms with E-state index in [1.165, 1.54) is 0 Å². The van der Waals surface area contributed by atoms with E-state index < -0.39 is 5.97 Å². The molecule has 0 atom stereocenters. The van der Waals surface area contributed by atoms with Gasteiger partial charge < -0.3 is 9.26 Å². The van der Waals surface area contributed by atoms with Crippen LogP contribution in [0.3, 0.4) is 0 Å². The van der Waals surface area contributed by atoms with Crippen molar-refractivity contribution in [3.63, 3.8) is 0 Å². The number of nitrogens with zero attached hydrogens (tertiary/aromatic N) is 3. The van der Waals surface area contributed by atoms with E-state index in [4.69, 9.17) is 20.9 Å². The molecule has 0 N–H and O–H groups in total. The molecule has 7 heteroatoms. The standard InChI is InChI=1S/C17H14ClN3O3/c1-10-8-11(2)19-15(18)14(10)17(22)23-9-13-20-16(21-24-13)12-6-4-3-5-7-12/h3-8H,9H2,1-2H3. The maximum Gasteiger partial charge on any atom is 0.342 e. The topological polar surface area (TPSA) is 78.1 Å². The SMILES string of the molecule is Cc1cc(C)c(C(=O)OCc2nc(-c3ccccc3)no2)c(Cl)n1. The van der Waals surface area contributed by atoms with E-state index in [2.05, 4.69) is 15.1 Å². The zero-order chi connectivity index (χ0) is 17.1. The number of esters is 1. The number of hydrogen-bond acceptors (Lipinski definition) is 6. The first kappa shape index (κ1) is 16.1. The van der Waals surface area contributed by atoms with Crippen LogP contribution in [0.5, 0.6) is 0 Å². The summed E-state index contributed by atoms with van der Waals surface area (Å²) in [4.78, 5) is 20.5. The van der Waals surface area contributed by atoms with Crippen LogP contribution in [0.2, 0.25) is 5.15 Å². The molecule has 0 amide bonds. The predicted octanol–water partition coefficient (Wildman–Crippen LogP) is 3.76. The highest BCUT2D eigenvalue weighted by molar-refractivity contribution is 6.32. The van der Waals surface area contributed by atoms with Gasteiger partial charge in [0.25, 0.3) is 5.89 Å². The number of ether oxygens (including phenoxy) is 1. The molecule has 1 aromatic carbocycles. The third-order valence-electron chi connectivity index (χ3n) is 3.33. The van der Waals surface area contributed by atoms with Crippen molar-refractivity contribution < 1.29 is 14.1 Å². The predicted molar refractivity (Wildman–Crippen MR) is 87.6 cm³/mol. The smallest absolute Gasteiger partial charge is 0.342 e. The Hall–Kier alpha value is -2.73. The summed E-state index contributed by atoms with van der Waals surface area (Å²) in [5.74, 6) is 0.0633. The molecule has 0 saturated heterocycles. The Morgan fingerprint density at radius 1 is 1.21 bits per heavy atom. The highest BCUT2D eigenvalue weighted by Gasteiger charge is 2.18.